The maximum Gasteiger partial charge on any atom is 0.413 e. The van der Waals surface area contributed by atoms with Crippen LogP contribution >= 0.6 is 34.9 Å². The molecule has 1 saturated heterocycles. The number of amides is 3. The SMILES string of the molecule is CC(C)(C)OC(=O)Nc1nc(/C(=N/OC(c2ccccc2)(c2ccccc2)c2ccccc2)C(=O)NC2SC3CC(=O)N3C(C(=O)OC(c3ccccc3)c3ccccc3)=C2CSc2ncn(C(c3ccccc3)(c3ccccc3)c3ccccc3)n2)cs1. The Bertz CT molecular complexity index is 3920. The molecular weight excluding hydrogens is 1170 g/mol. The van der Waals surface area contributed by atoms with Gasteiger partial charge in [0, 0.05) is 33.4 Å². The third kappa shape index (κ3) is 12.5. The molecule has 8 aromatic carbocycles. The first-order valence-corrected chi connectivity index (χ1v) is 31.6. The predicted octanol–water partition coefficient (Wildman–Crippen LogP) is 13.8. The van der Waals surface area contributed by atoms with Crippen LogP contribution in [0.4, 0.5) is 9.93 Å². The Balaban J connectivity index is 0.981. The van der Waals surface area contributed by atoms with Crippen molar-refractivity contribution in [1.82, 2.24) is 30.0 Å². The van der Waals surface area contributed by atoms with Gasteiger partial charge in [-0.25, -0.2) is 24.2 Å². The highest BCUT2D eigenvalue weighted by molar-refractivity contribution is 8.01. The fraction of sp³-hybridized carbons (Fsp3) is 0.155. The van der Waals surface area contributed by atoms with Crippen molar-refractivity contribution in [2.45, 2.75) is 65.9 Å². The number of aromatic nitrogens is 4. The number of fused-ring (bicyclic) bond motifs is 1. The quantitative estimate of drug-likeness (QED) is 0.0184. The molecule has 0 aliphatic carbocycles. The number of thioether (sulfide) groups is 2. The molecule has 10 aromatic rings. The Morgan fingerprint density at radius 1 is 0.652 bits per heavy atom. The van der Waals surface area contributed by atoms with Crippen molar-refractivity contribution in [2.75, 3.05) is 11.1 Å². The molecule has 2 unspecified atom stereocenters. The summed E-state index contributed by atoms with van der Waals surface area (Å²) in [7, 11) is 0. The van der Waals surface area contributed by atoms with Crippen LogP contribution < -0.4 is 10.6 Å². The number of benzene rings is 8. The van der Waals surface area contributed by atoms with Crippen LogP contribution in [0.1, 0.15) is 83.5 Å². The summed E-state index contributed by atoms with van der Waals surface area (Å²) in [4.78, 5) is 76.9. The highest BCUT2D eigenvalue weighted by Crippen LogP contribution is 2.47. The first-order valence-electron chi connectivity index (χ1n) is 28.8. The average Bonchev–Trinajstić information content (AvgIpc) is 1.56. The van der Waals surface area contributed by atoms with E-state index in [4.69, 9.17) is 34.5 Å². The fourth-order valence-electron chi connectivity index (χ4n) is 11.1. The fourth-order valence-corrected chi connectivity index (χ4v) is 14.2. The molecule has 2 aromatic heterocycles. The molecule has 1 fully saturated rings. The molecule has 2 atom stereocenters. The van der Waals surface area contributed by atoms with Gasteiger partial charge in [0.2, 0.25) is 16.7 Å². The van der Waals surface area contributed by atoms with Gasteiger partial charge in [0.1, 0.15) is 34.2 Å². The molecule has 2 aliphatic rings. The van der Waals surface area contributed by atoms with Crippen LogP contribution in [0, 0.1) is 0 Å². The number of hydrogen-bond acceptors (Lipinski definition) is 14. The zero-order valence-corrected chi connectivity index (χ0v) is 51.1. The third-order valence-corrected chi connectivity index (χ3v) is 18.1. The van der Waals surface area contributed by atoms with Crippen molar-refractivity contribution < 1.29 is 33.5 Å². The van der Waals surface area contributed by atoms with Crippen LogP contribution in [-0.4, -0.2) is 76.3 Å². The van der Waals surface area contributed by atoms with Crippen LogP contribution in [0.3, 0.4) is 0 Å². The van der Waals surface area contributed by atoms with E-state index in [1.165, 1.54) is 28.4 Å². The normalized spacial score (nSPS) is 15.2. The van der Waals surface area contributed by atoms with Gasteiger partial charge in [-0.3, -0.25) is 19.8 Å². The molecule has 0 saturated carbocycles. The van der Waals surface area contributed by atoms with E-state index >= 15 is 9.59 Å². The molecule has 0 bridgehead atoms. The number of rotatable bonds is 20. The second-order valence-corrected chi connectivity index (χ2v) is 25.0. The highest BCUT2D eigenvalue weighted by atomic mass is 32.2. The molecule has 15 nitrogen and oxygen atoms in total. The molecule has 89 heavy (non-hydrogen) atoms. The van der Waals surface area contributed by atoms with Gasteiger partial charge >= 0.3 is 12.1 Å². The lowest BCUT2D eigenvalue weighted by molar-refractivity contribution is -0.152. The maximum absolute atomic E-state index is 15.9. The van der Waals surface area contributed by atoms with Crippen molar-refractivity contribution in [2.24, 2.45) is 5.16 Å². The lowest BCUT2D eigenvalue weighted by atomic mass is 9.77. The van der Waals surface area contributed by atoms with Gasteiger partial charge in [-0.05, 0) is 48.6 Å². The summed E-state index contributed by atoms with van der Waals surface area (Å²) in [5.74, 6) is -1.83. The Hall–Kier alpha value is -9.88. The summed E-state index contributed by atoms with van der Waals surface area (Å²) in [5.41, 5.74) is 3.26. The first-order chi connectivity index (χ1) is 43.4. The zero-order valence-electron chi connectivity index (χ0n) is 48.7. The van der Waals surface area contributed by atoms with E-state index in [-0.39, 0.29) is 40.3 Å². The molecule has 444 valence electrons. The van der Waals surface area contributed by atoms with E-state index in [1.807, 2.05) is 211 Å². The van der Waals surface area contributed by atoms with E-state index in [9.17, 15) is 9.59 Å². The smallest absolute Gasteiger partial charge is 0.413 e. The van der Waals surface area contributed by atoms with Crippen LogP contribution in [0.5, 0.6) is 0 Å². The van der Waals surface area contributed by atoms with Gasteiger partial charge in [0.15, 0.2) is 16.9 Å². The van der Waals surface area contributed by atoms with Crippen molar-refractivity contribution in [1.29, 1.82) is 0 Å². The predicted molar refractivity (Wildman–Crippen MR) is 347 cm³/mol. The number of nitrogens with one attached hydrogen (secondary N) is 2. The topological polar surface area (TPSA) is 179 Å². The molecule has 4 heterocycles. The zero-order chi connectivity index (χ0) is 61.4. The number of carbonyl (C=O) groups is 4. The molecule has 12 rings (SSSR count). The lowest BCUT2D eigenvalue weighted by Crippen LogP contribution is -2.58. The molecule has 2 aliphatic heterocycles. The minimum atomic E-state index is -1.43. The van der Waals surface area contributed by atoms with Crippen molar-refractivity contribution in [3.05, 3.63) is 316 Å². The second kappa shape index (κ2) is 26.2. The van der Waals surface area contributed by atoms with Crippen LogP contribution in [0.2, 0.25) is 0 Å². The van der Waals surface area contributed by atoms with Gasteiger partial charge in [-0.2, -0.15) is 0 Å². The summed E-state index contributed by atoms with van der Waals surface area (Å²) in [6.45, 7) is 5.25. The molecule has 18 heteroatoms. The Morgan fingerprint density at radius 3 is 1.57 bits per heavy atom. The van der Waals surface area contributed by atoms with Gasteiger partial charge in [-0.15, -0.1) is 28.2 Å². The number of anilines is 1. The Labute approximate surface area is 527 Å². The lowest BCUT2D eigenvalue weighted by Gasteiger charge is -2.47. The van der Waals surface area contributed by atoms with Crippen molar-refractivity contribution in [3.63, 3.8) is 0 Å². The van der Waals surface area contributed by atoms with Gasteiger partial charge in [-0.1, -0.05) is 260 Å². The first kappa shape index (κ1) is 59.5. The Morgan fingerprint density at radius 2 is 1.11 bits per heavy atom. The molecular formula is C71H60N8O7S3. The number of esters is 1. The Kier molecular flexibility index (Phi) is 17.5. The summed E-state index contributed by atoms with van der Waals surface area (Å²) in [6.07, 6.45) is 0.151. The number of nitrogens with zero attached hydrogens (tertiary/aromatic N) is 6. The van der Waals surface area contributed by atoms with Crippen LogP contribution in [0.25, 0.3) is 0 Å². The minimum absolute atomic E-state index is 0.0119. The van der Waals surface area contributed by atoms with Crippen molar-refractivity contribution >= 4 is 69.6 Å². The number of thiazole rings is 1. The number of hydrogen-bond donors (Lipinski definition) is 2. The number of carbonyl (C=O) groups excluding carboxylic acids is 4. The molecule has 0 spiro atoms. The second-order valence-electron chi connectivity index (χ2n) is 21.9. The van der Waals surface area contributed by atoms with E-state index in [1.54, 1.807) is 32.5 Å². The van der Waals surface area contributed by atoms with Gasteiger partial charge in [0.05, 0.1) is 11.8 Å². The summed E-state index contributed by atoms with van der Waals surface area (Å²) in [5, 5.41) is 16.5. The number of ether oxygens (including phenoxy) is 2. The largest absolute Gasteiger partial charge is 0.448 e. The number of β-lactam (4-membered cyclic amide) rings is 1. The molecule has 3 amide bonds. The van der Waals surface area contributed by atoms with Crippen LogP contribution in [-0.2, 0) is 39.8 Å². The number of oxime groups is 1. The van der Waals surface area contributed by atoms with E-state index in [0.717, 1.165) is 28.0 Å². The standard InChI is InChI=1S/C71H60N8O7S3/c1-69(2,3)85-68(83)75-67-73-57(46-88-67)60(77-86-71(53-38-22-9-23-39-53,54-40-24-10-25-41-54)55-42-26-11-27-43-55)63(81)74-64-56(61(79-58(80)44-59(79)89-64)65(82)84-62(48-28-12-4-13-29-48)49-30-14-5-15-31-49)45-87-66-72-47-78(76-66)70(50-32-16-6-17-33-50,51-34-18-7-19-35-51)52-36-20-8-21-37-52/h4-43,46-47,59,62,64H,44-45H2,1-3H3,(H,74,81)(H,73,75,83)/b77-60-. The summed E-state index contributed by atoms with van der Waals surface area (Å²) in [6, 6.07) is 77.9. The van der Waals surface area contributed by atoms with Gasteiger partial charge < -0.3 is 19.6 Å². The van der Waals surface area contributed by atoms with Gasteiger partial charge in [0.25, 0.3) is 5.91 Å². The van der Waals surface area contributed by atoms with E-state index in [0.29, 0.717) is 38.5 Å². The average molecular weight is 1230 g/mol. The third-order valence-electron chi connectivity index (χ3n) is 15.1. The highest BCUT2D eigenvalue weighted by Gasteiger charge is 2.50. The van der Waals surface area contributed by atoms with E-state index in [2.05, 4.69) is 47.0 Å². The summed E-state index contributed by atoms with van der Waals surface area (Å²) >= 11 is 3.60. The van der Waals surface area contributed by atoms with Crippen LogP contribution in [0.15, 0.2) is 276 Å². The summed E-state index contributed by atoms with van der Waals surface area (Å²) < 4.78 is 14.1. The molecule has 0 radical (unpaired) electrons. The minimum Gasteiger partial charge on any atom is -0.448 e. The van der Waals surface area contributed by atoms with E-state index < -0.39 is 51.6 Å². The van der Waals surface area contributed by atoms with Crippen molar-refractivity contribution in [3.8, 4) is 0 Å². The molecule has 2 N–H and O–H groups in total. The monoisotopic (exact) mass is 1230 g/mol. The maximum atomic E-state index is 15.9.